The van der Waals surface area contributed by atoms with Gasteiger partial charge in [0.25, 0.3) is 0 Å². The van der Waals surface area contributed by atoms with E-state index in [-0.39, 0.29) is 0 Å². The number of nitrogens with one attached hydrogen (secondary N) is 1. The second-order valence-electron chi connectivity index (χ2n) is 6.40. The van der Waals surface area contributed by atoms with E-state index in [0.29, 0.717) is 5.41 Å². The van der Waals surface area contributed by atoms with E-state index in [2.05, 4.69) is 45.9 Å². The zero-order chi connectivity index (χ0) is 14.1. The van der Waals surface area contributed by atoms with Crippen LogP contribution in [0.1, 0.15) is 18.5 Å². The molecular weight excluding hydrogens is 278 g/mol. The first kappa shape index (κ1) is 13.4. The van der Waals surface area contributed by atoms with Crippen molar-refractivity contribution in [3.8, 4) is 10.6 Å². The van der Waals surface area contributed by atoms with E-state index in [1.54, 1.807) is 11.3 Å². The molecule has 0 aliphatic carbocycles. The van der Waals surface area contributed by atoms with Crippen LogP contribution in [0.15, 0.2) is 35.7 Å². The summed E-state index contributed by atoms with van der Waals surface area (Å²) in [5.74, 6) is 0. The predicted molar refractivity (Wildman–Crippen MR) is 87.4 cm³/mol. The van der Waals surface area contributed by atoms with Crippen LogP contribution in [0.4, 0.5) is 0 Å². The molecule has 4 rings (SSSR count). The smallest absolute Gasteiger partial charge is 0.123 e. The van der Waals surface area contributed by atoms with E-state index >= 15 is 0 Å². The number of hydrogen-bond donors (Lipinski definition) is 1. The van der Waals surface area contributed by atoms with Crippen LogP contribution in [0, 0.1) is 5.41 Å². The van der Waals surface area contributed by atoms with Crippen molar-refractivity contribution in [2.45, 2.75) is 19.4 Å². The van der Waals surface area contributed by atoms with Gasteiger partial charge in [0.15, 0.2) is 0 Å². The second-order valence-corrected chi connectivity index (χ2v) is 7.26. The highest BCUT2D eigenvalue weighted by Crippen LogP contribution is 2.36. The molecule has 2 saturated heterocycles. The molecule has 2 aliphatic rings. The van der Waals surface area contributed by atoms with Crippen LogP contribution in [0.2, 0.25) is 0 Å². The Hall–Kier alpha value is -1.23. The zero-order valence-corrected chi connectivity index (χ0v) is 13.0. The van der Waals surface area contributed by atoms with Gasteiger partial charge in [-0.3, -0.25) is 4.90 Å². The molecule has 4 heteroatoms. The lowest BCUT2D eigenvalue weighted by Gasteiger charge is -2.22. The Morgan fingerprint density at radius 3 is 2.95 bits per heavy atom. The molecule has 0 amide bonds. The van der Waals surface area contributed by atoms with Crippen molar-refractivity contribution < 1.29 is 0 Å². The van der Waals surface area contributed by atoms with Gasteiger partial charge in [0, 0.05) is 30.6 Å². The van der Waals surface area contributed by atoms with Crippen LogP contribution < -0.4 is 5.32 Å². The van der Waals surface area contributed by atoms with Gasteiger partial charge in [0.05, 0.1) is 5.69 Å². The topological polar surface area (TPSA) is 28.2 Å². The van der Waals surface area contributed by atoms with Crippen molar-refractivity contribution >= 4 is 11.3 Å². The van der Waals surface area contributed by atoms with Gasteiger partial charge in [-0.05, 0) is 31.3 Å². The third-order valence-electron chi connectivity index (χ3n) is 4.81. The maximum absolute atomic E-state index is 4.82. The third-order valence-corrected chi connectivity index (χ3v) is 5.75. The summed E-state index contributed by atoms with van der Waals surface area (Å²) >= 11 is 1.76. The Balaban J connectivity index is 1.43. The van der Waals surface area contributed by atoms with E-state index in [0.717, 1.165) is 11.6 Å². The Kier molecular flexibility index (Phi) is 3.53. The van der Waals surface area contributed by atoms with Crippen molar-refractivity contribution in [1.29, 1.82) is 0 Å². The average Bonchev–Trinajstić information content (AvgIpc) is 3.24. The normalized spacial score (nSPS) is 25.9. The quantitative estimate of drug-likeness (QED) is 0.944. The van der Waals surface area contributed by atoms with E-state index in [9.17, 15) is 0 Å². The molecular formula is C17H21N3S. The molecule has 3 nitrogen and oxygen atoms in total. The second kappa shape index (κ2) is 5.52. The Morgan fingerprint density at radius 2 is 2.14 bits per heavy atom. The van der Waals surface area contributed by atoms with Crippen molar-refractivity contribution in [2.75, 3.05) is 26.2 Å². The molecule has 0 saturated carbocycles. The molecule has 1 atom stereocenters. The molecule has 1 aromatic carbocycles. The molecule has 2 aliphatic heterocycles. The first-order valence-corrected chi connectivity index (χ1v) is 8.64. The van der Waals surface area contributed by atoms with Crippen LogP contribution in [-0.4, -0.2) is 36.1 Å². The van der Waals surface area contributed by atoms with Crippen LogP contribution in [-0.2, 0) is 6.54 Å². The van der Waals surface area contributed by atoms with E-state index < -0.39 is 0 Å². The fraction of sp³-hybridized carbons (Fsp3) is 0.471. The minimum Gasteiger partial charge on any atom is -0.316 e. The molecule has 110 valence electrons. The Bertz CT molecular complexity index is 602. The Labute approximate surface area is 130 Å². The molecule has 3 heterocycles. The summed E-state index contributed by atoms with van der Waals surface area (Å²) in [4.78, 5) is 7.40. The van der Waals surface area contributed by atoms with Gasteiger partial charge in [-0.2, -0.15) is 0 Å². The number of aromatic nitrogens is 1. The highest BCUT2D eigenvalue weighted by Gasteiger charge is 2.40. The fourth-order valence-electron chi connectivity index (χ4n) is 3.63. The Morgan fingerprint density at radius 1 is 1.24 bits per heavy atom. The van der Waals surface area contributed by atoms with Crippen LogP contribution in [0.3, 0.4) is 0 Å². The lowest BCUT2D eigenvalue weighted by Crippen LogP contribution is -2.29. The highest BCUT2D eigenvalue weighted by atomic mass is 32.1. The summed E-state index contributed by atoms with van der Waals surface area (Å²) in [7, 11) is 0. The summed E-state index contributed by atoms with van der Waals surface area (Å²) in [6.45, 7) is 5.86. The molecule has 2 fully saturated rings. The van der Waals surface area contributed by atoms with E-state index in [1.807, 2.05) is 0 Å². The van der Waals surface area contributed by atoms with Crippen molar-refractivity contribution in [3.63, 3.8) is 0 Å². The van der Waals surface area contributed by atoms with Crippen LogP contribution in [0.25, 0.3) is 10.6 Å². The van der Waals surface area contributed by atoms with Gasteiger partial charge in [-0.15, -0.1) is 11.3 Å². The maximum Gasteiger partial charge on any atom is 0.123 e. The number of thiazole rings is 1. The minimum atomic E-state index is 0.554. The summed E-state index contributed by atoms with van der Waals surface area (Å²) in [6, 6.07) is 10.5. The molecule has 21 heavy (non-hydrogen) atoms. The minimum absolute atomic E-state index is 0.554. The summed E-state index contributed by atoms with van der Waals surface area (Å²) in [6.07, 6.45) is 2.69. The van der Waals surface area contributed by atoms with Gasteiger partial charge >= 0.3 is 0 Å². The number of likely N-dealkylation sites (tertiary alicyclic amines) is 1. The van der Waals surface area contributed by atoms with Crippen LogP contribution >= 0.6 is 11.3 Å². The first-order chi connectivity index (χ1) is 10.3. The highest BCUT2D eigenvalue weighted by molar-refractivity contribution is 7.13. The number of nitrogens with zero attached hydrogens (tertiary/aromatic N) is 2. The third kappa shape index (κ3) is 2.76. The predicted octanol–water partition coefficient (Wildman–Crippen LogP) is 3.00. The van der Waals surface area contributed by atoms with Gasteiger partial charge in [-0.1, -0.05) is 30.3 Å². The summed E-state index contributed by atoms with van der Waals surface area (Å²) in [5.41, 5.74) is 3.01. The van der Waals surface area contributed by atoms with Gasteiger partial charge < -0.3 is 5.32 Å². The van der Waals surface area contributed by atoms with Crippen molar-refractivity contribution in [2.24, 2.45) is 5.41 Å². The maximum atomic E-state index is 4.82. The van der Waals surface area contributed by atoms with E-state index in [1.165, 1.54) is 50.3 Å². The standard InChI is InChI=1S/C17H21N3S/c1-2-4-14(5-3-1)16-19-15(11-21-16)10-20-9-7-17(13-20)6-8-18-12-17/h1-5,11,18H,6-10,12-13H2. The van der Waals surface area contributed by atoms with Crippen molar-refractivity contribution in [3.05, 3.63) is 41.4 Å². The molecule has 2 aromatic rings. The molecule has 1 unspecified atom stereocenters. The number of hydrogen-bond acceptors (Lipinski definition) is 4. The summed E-state index contributed by atoms with van der Waals surface area (Å²) in [5, 5.41) is 6.89. The van der Waals surface area contributed by atoms with Crippen molar-refractivity contribution in [1.82, 2.24) is 15.2 Å². The zero-order valence-electron chi connectivity index (χ0n) is 12.2. The summed E-state index contributed by atoms with van der Waals surface area (Å²) < 4.78 is 0. The van der Waals surface area contributed by atoms with Gasteiger partial charge in [0.2, 0.25) is 0 Å². The number of rotatable bonds is 3. The molecule has 0 bridgehead atoms. The lowest BCUT2D eigenvalue weighted by atomic mass is 9.87. The van der Waals surface area contributed by atoms with Gasteiger partial charge in [0.1, 0.15) is 5.01 Å². The SMILES string of the molecule is c1ccc(-c2nc(CN3CCC4(CCNC4)C3)cs2)cc1. The van der Waals surface area contributed by atoms with Gasteiger partial charge in [-0.25, -0.2) is 4.98 Å². The first-order valence-electron chi connectivity index (χ1n) is 7.76. The molecule has 0 radical (unpaired) electrons. The largest absolute Gasteiger partial charge is 0.316 e. The number of benzene rings is 1. The fourth-order valence-corrected chi connectivity index (χ4v) is 4.45. The molecule has 1 spiro atoms. The molecule has 1 N–H and O–H groups in total. The molecule has 1 aromatic heterocycles. The van der Waals surface area contributed by atoms with Crippen LogP contribution in [0.5, 0.6) is 0 Å². The van der Waals surface area contributed by atoms with E-state index in [4.69, 9.17) is 4.98 Å². The average molecular weight is 299 g/mol. The monoisotopic (exact) mass is 299 g/mol. The lowest BCUT2D eigenvalue weighted by molar-refractivity contribution is 0.267.